The van der Waals surface area contributed by atoms with Crippen molar-refractivity contribution in [2.45, 2.75) is 31.3 Å². The number of rotatable bonds is 7. The third-order valence-corrected chi connectivity index (χ3v) is 4.78. The Kier molecular flexibility index (Phi) is 5.26. The first-order chi connectivity index (χ1) is 11.7. The zero-order valence-electron chi connectivity index (χ0n) is 14.5. The van der Waals surface area contributed by atoms with Crippen LogP contribution in [0.25, 0.3) is 0 Å². The van der Waals surface area contributed by atoms with E-state index in [1.54, 1.807) is 21.3 Å². The minimum Gasteiger partial charge on any atom is -0.496 e. The van der Waals surface area contributed by atoms with Gasteiger partial charge in [-0.15, -0.1) is 0 Å². The van der Waals surface area contributed by atoms with Gasteiger partial charge in [-0.2, -0.15) is 0 Å². The highest BCUT2D eigenvalue weighted by atomic mass is 16.5. The molecule has 0 unspecified atom stereocenters. The molecule has 0 amide bonds. The van der Waals surface area contributed by atoms with E-state index < -0.39 is 0 Å². The molecule has 0 aliphatic heterocycles. The number of hydrogen-bond acceptors (Lipinski definition) is 4. The van der Waals surface area contributed by atoms with E-state index >= 15 is 0 Å². The van der Waals surface area contributed by atoms with E-state index in [-0.39, 0.29) is 0 Å². The molecule has 1 fully saturated rings. The quantitative estimate of drug-likeness (QED) is 0.841. The molecule has 0 bridgehead atoms. The van der Waals surface area contributed by atoms with E-state index in [4.69, 9.17) is 14.2 Å². The van der Waals surface area contributed by atoms with Gasteiger partial charge in [0, 0.05) is 24.2 Å². The summed E-state index contributed by atoms with van der Waals surface area (Å²) in [5, 5.41) is 3.62. The minimum atomic E-state index is 0.549. The molecule has 0 aromatic heterocycles. The van der Waals surface area contributed by atoms with Gasteiger partial charge in [-0.25, -0.2) is 0 Å². The van der Waals surface area contributed by atoms with Crippen molar-refractivity contribution in [1.29, 1.82) is 0 Å². The van der Waals surface area contributed by atoms with Crippen molar-refractivity contribution in [1.82, 2.24) is 5.32 Å². The van der Waals surface area contributed by atoms with E-state index in [2.05, 4.69) is 35.6 Å². The second-order valence-electron chi connectivity index (χ2n) is 6.18. The third-order valence-electron chi connectivity index (χ3n) is 4.78. The van der Waals surface area contributed by atoms with Crippen molar-refractivity contribution in [3.8, 4) is 17.2 Å². The molecule has 4 nitrogen and oxygen atoms in total. The molecule has 128 valence electrons. The zero-order chi connectivity index (χ0) is 16.9. The van der Waals surface area contributed by atoms with Crippen LogP contribution < -0.4 is 19.5 Å². The molecule has 2 aromatic rings. The lowest BCUT2D eigenvalue weighted by Crippen LogP contribution is -2.39. The fourth-order valence-electron chi connectivity index (χ4n) is 3.27. The summed E-state index contributed by atoms with van der Waals surface area (Å²) < 4.78 is 16.2. The largest absolute Gasteiger partial charge is 0.496 e. The first-order valence-corrected chi connectivity index (χ1v) is 8.32. The van der Waals surface area contributed by atoms with Crippen LogP contribution in [0.4, 0.5) is 0 Å². The SMILES string of the molecule is COc1cc(OC)c(OC)cc1CNC1CC(c2ccccc2)C1. The summed E-state index contributed by atoms with van der Waals surface area (Å²) in [5.41, 5.74) is 2.53. The van der Waals surface area contributed by atoms with Gasteiger partial charge in [-0.05, 0) is 30.4 Å². The van der Waals surface area contributed by atoms with E-state index in [0.717, 1.165) is 23.6 Å². The molecule has 1 saturated carbocycles. The van der Waals surface area contributed by atoms with Crippen LogP contribution in [0.1, 0.15) is 29.9 Å². The van der Waals surface area contributed by atoms with Gasteiger partial charge in [0.15, 0.2) is 11.5 Å². The summed E-state index contributed by atoms with van der Waals surface area (Å²) in [4.78, 5) is 0. The number of methoxy groups -OCH3 is 3. The normalized spacial score (nSPS) is 19.5. The number of benzene rings is 2. The predicted octanol–water partition coefficient (Wildman–Crippen LogP) is 3.75. The molecular weight excluding hydrogens is 302 g/mol. The van der Waals surface area contributed by atoms with Crippen LogP contribution in [0, 0.1) is 0 Å². The average Bonchev–Trinajstić information content (AvgIpc) is 2.60. The summed E-state index contributed by atoms with van der Waals surface area (Å²) >= 11 is 0. The predicted molar refractivity (Wildman–Crippen MR) is 95.1 cm³/mol. The molecule has 1 N–H and O–H groups in total. The maximum absolute atomic E-state index is 5.49. The van der Waals surface area contributed by atoms with E-state index in [1.807, 2.05) is 12.1 Å². The zero-order valence-corrected chi connectivity index (χ0v) is 14.5. The lowest BCUT2D eigenvalue weighted by molar-refractivity contribution is 0.287. The molecule has 24 heavy (non-hydrogen) atoms. The summed E-state index contributed by atoms with van der Waals surface area (Å²) in [5.74, 6) is 2.91. The Morgan fingerprint density at radius 2 is 1.50 bits per heavy atom. The second kappa shape index (κ2) is 7.58. The van der Waals surface area contributed by atoms with Crippen LogP contribution in [-0.2, 0) is 6.54 Å². The Hall–Kier alpha value is -2.20. The van der Waals surface area contributed by atoms with Gasteiger partial charge in [-0.3, -0.25) is 0 Å². The lowest BCUT2D eigenvalue weighted by atomic mass is 9.76. The average molecular weight is 327 g/mol. The molecule has 0 radical (unpaired) electrons. The molecule has 0 spiro atoms. The summed E-state index contributed by atoms with van der Waals surface area (Å²) in [7, 11) is 4.96. The monoisotopic (exact) mass is 327 g/mol. The summed E-state index contributed by atoms with van der Waals surface area (Å²) in [6.07, 6.45) is 2.36. The number of hydrogen-bond donors (Lipinski definition) is 1. The van der Waals surface area contributed by atoms with E-state index in [9.17, 15) is 0 Å². The number of nitrogens with one attached hydrogen (secondary N) is 1. The highest BCUT2D eigenvalue weighted by Gasteiger charge is 2.29. The standard InChI is InChI=1S/C20H25NO3/c1-22-18-12-20(24-3)19(23-2)11-16(18)13-21-17-9-15(10-17)14-7-5-4-6-8-14/h4-8,11-12,15,17,21H,9-10,13H2,1-3H3. The highest BCUT2D eigenvalue weighted by Crippen LogP contribution is 2.38. The van der Waals surface area contributed by atoms with E-state index in [0.29, 0.717) is 17.7 Å². The van der Waals surface area contributed by atoms with Crippen LogP contribution >= 0.6 is 0 Å². The van der Waals surface area contributed by atoms with Crippen LogP contribution in [0.5, 0.6) is 17.2 Å². The van der Waals surface area contributed by atoms with Crippen LogP contribution in [0.15, 0.2) is 42.5 Å². The highest BCUT2D eigenvalue weighted by molar-refractivity contribution is 5.50. The molecule has 0 heterocycles. The lowest BCUT2D eigenvalue weighted by Gasteiger charge is -2.36. The Bertz CT molecular complexity index is 666. The fraction of sp³-hybridized carbons (Fsp3) is 0.400. The Labute approximate surface area is 143 Å². The van der Waals surface area contributed by atoms with Gasteiger partial charge in [0.25, 0.3) is 0 Å². The molecule has 0 saturated heterocycles. The van der Waals surface area contributed by atoms with Gasteiger partial charge in [0.05, 0.1) is 21.3 Å². The maximum Gasteiger partial charge on any atom is 0.164 e. The Morgan fingerprint density at radius 1 is 0.875 bits per heavy atom. The van der Waals surface area contributed by atoms with Gasteiger partial charge in [-0.1, -0.05) is 30.3 Å². The van der Waals surface area contributed by atoms with Crippen molar-refractivity contribution < 1.29 is 14.2 Å². The van der Waals surface area contributed by atoms with E-state index in [1.165, 1.54) is 18.4 Å². The van der Waals surface area contributed by atoms with Gasteiger partial charge in [0.1, 0.15) is 5.75 Å². The van der Waals surface area contributed by atoms with Crippen molar-refractivity contribution in [3.63, 3.8) is 0 Å². The van der Waals surface area contributed by atoms with Crippen LogP contribution in [0.3, 0.4) is 0 Å². The first-order valence-electron chi connectivity index (χ1n) is 8.32. The maximum atomic E-state index is 5.49. The third kappa shape index (κ3) is 3.49. The molecule has 2 aromatic carbocycles. The van der Waals surface area contributed by atoms with Crippen molar-refractivity contribution in [2.75, 3.05) is 21.3 Å². The van der Waals surface area contributed by atoms with Crippen molar-refractivity contribution in [3.05, 3.63) is 53.6 Å². The van der Waals surface area contributed by atoms with Crippen LogP contribution in [0.2, 0.25) is 0 Å². The van der Waals surface area contributed by atoms with Gasteiger partial charge >= 0.3 is 0 Å². The topological polar surface area (TPSA) is 39.7 Å². The Morgan fingerprint density at radius 3 is 2.12 bits per heavy atom. The van der Waals surface area contributed by atoms with Gasteiger partial charge in [0.2, 0.25) is 0 Å². The second-order valence-corrected chi connectivity index (χ2v) is 6.18. The molecule has 1 aliphatic rings. The minimum absolute atomic E-state index is 0.549. The van der Waals surface area contributed by atoms with Crippen molar-refractivity contribution in [2.24, 2.45) is 0 Å². The molecule has 0 atom stereocenters. The smallest absolute Gasteiger partial charge is 0.164 e. The van der Waals surface area contributed by atoms with Crippen molar-refractivity contribution >= 4 is 0 Å². The molecule has 4 heteroatoms. The summed E-state index contributed by atoms with van der Waals surface area (Å²) in [6, 6.07) is 15.2. The first kappa shape index (κ1) is 16.7. The van der Waals surface area contributed by atoms with Crippen LogP contribution in [-0.4, -0.2) is 27.4 Å². The fourth-order valence-corrected chi connectivity index (χ4v) is 3.27. The molecule has 1 aliphatic carbocycles. The van der Waals surface area contributed by atoms with Gasteiger partial charge < -0.3 is 19.5 Å². The Balaban J connectivity index is 1.59. The number of ether oxygens (including phenoxy) is 3. The molecular formula is C20H25NO3. The summed E-state index contributed by atoms with van der Waals surface area (Å²) in [6.45, 7) is 0.760. The molecule has 3 rings (SSSR count).